The van der Waals surface area contributed by atoms with Gasteiger partial charge in [0.25, 0.3) is 0 Å². The molecule has 1 unspecified atom stereocenters. The lowest BCUT2D eigenvalue weighted by atomic mass is 9.94. The molecule has 6 nitrogen and oxygen atoms in total. The van der Waals surface area contributed by atoms with Crippen molar-refractivity contribution in [1.82, 2.24) is 0 Å². The molecule has 0 fully saturated rings. The predicted molar refractivity (Wildman–Crippen MR) is 142 cm³/mol. The summed E-state index contributed by atoms with van der Waals surface area (Å²) < 4.78 is 23.0. The Labute approximate surface area is 211 Å². The van der Waals surface area contributed by atoms with Crippen LogP contribution in [0.5, 0.6) is 23.0 Å². The lowest BCUT2D eigenvalue weighted by Gasteiger charge is -2.25. The van der Waals surface area contributed by atoms with Crippen LogP contribution in [0.3, 0.4) is 0 Å². The van der Waals surface area contributed by atoms with Gasteiger partial charge in [0.2, 0.25) is 5.09 Å². The van der Waals surface area contributed by atoms with Crippen LogP contribution >= 0.6 is 7.53 Å². The second kappa shape index (κ2) is 9.71. The predicted octanol–water partition coefficient (Wildman–Crippen LogP) is 4.28. The van der Waals surface area contributed by atoms with Crippen molar-refractivity contribution in [1.29, 1.82) is 0 Å². The molecule has 1 aromatic heterocycles. The molecule has 0 saturated carbocycles. The lowest BCUT2D eigenvalue weighted by Crippen LogP contribution is -2.79. The number of benzene rings is 3. The Morgan fingerprint density at radius 2 is 1.53 bits per heavy atom. The highest BCUT2D eigenvalue weighted by atomic mass is 31.1. The number of methoxy groups -OCH3 is 4. The normalized spacial score (nSPS) is 13.1. The number of hydrogen-bond donors (Lipinski definition) is 1. The number of hydrogen-bond acceptors (Lipinski definition) is 5. The van der Waals surface area contributed by atoms with E-state index in [-0.39, 0.29) is 5.91 Å². The Bertz CT molecular complexity index is 1560. The Hall–Kier alpha value is -3.76. The van der Waals surface area contributed by atoms with Gasteiger partial charge in [0.1, 0.15) is 0 Å². The minimum atomic E-state index is -0.806. The molecule has 4 aromatic rings. The van der Waals surface area contributed by atoms with E-state index >= 15 is 0 Å². The highest BCUT2D eigenvalue weighted by molar-refractivity contribution is 7.51. The number of fused-ring (bicyclic) bond motifs is 4. The first kappa shape index (κ1) is 24.0. The number of amides is 1. The molecule has 0 aliphatic carbocycles. The fourth-order valence-corrected chi connectivity index (χ4v) is 7.81. The van der Waals surface area contributed by atoms with Gasteiger partial charge in [-0.15, -0.1) is 0 Å². The summed E-state index contributed by atoms with van der Waals surface area (Å²) in [6.07, 6.45) is 1.71. The molecular weight excluding hydrogens is 473 g/mol. The van der Waals surface area contributed by atoms with Crippen LogP contribution in [0.15, 0.2) is 54.6 Å². The van der Waals surface area contributed by atoms with E-state index in [1.54, 1.807) is 35.4 Å². The fraction of sp³-hybridized carbons (Fsp3) is 0.241. The van der Waals surface area contributed by atoms with Crippen LogP contribution < -0.4 is 29.0 Å². The summed E-state index contributed by atoms with van der Waals surface area (Å²) >= 11 is 0. The molecule has 0 bridgehead atoms. The maximum absolute atomic E-state index is 12.3. The van der Waals surface area contributed by atoms with E-state index in [1.807, 2.05) is 30.3 Å². The summed E-state index contributed by atoms with van der Waals surface area (Å²) in [5, 5.41) is 4.11. The molecule has 7 heteroatoms. The van der Waals surface area contributed by atoms with Crippen LogP contribution in [0.4, 0.5) is 0 Å². The average molecular weight is 503 g/mol. The average Bonchev–Trinajstić information content (AvgIpc) is 2.91. The number of ether oxygens (including phenoxy) is 4. The van der Waals surface area contributed by atoms with E-state index in [2.05, 4.69) is 29.3 Å². The quantitative estimate of drug-likeness (QED) is 0.441. The lowest BCUT2D eigenvalue weighted by molar-refractivity contribution is -0.410. The molecule has 184 valence electrons. The molecule has 5 rings (SSSR count). The van der Waals surface area contributed by atoms with Gasteiger partial charge in [-0.25, -0.2) is 4.79 Å². The van der Waals surface area contributed by atoms with Gasteiger partial charge in [-0.1, -0.05) is 30.3 Å². The molecule has 0 spiro atoms. The first-order valence-corrected chi connectivity index (χ1v) is 13.3. The molecule has 1 aliphatic rings. The van der Waals surface area contributed by atoms with Crippen LogP contribution in [0, 0.1) is 0 Å². The van der Waals surface area contributed by atoms with Crippen molar-refractivity contribution in [2.24, 2.45) is 0 Å². The van der Waals surface area contributed by atoms with Gasteiger partial charge in [-0.3, -0.25) is 0 Å². The van der Waals surface area contributed by atoms with Crippen molar-refractivity contribution in [3.63, 3.8) is 0 Å². The van der Waals surface area contributed by atoms with Gasteiger partial charge in [0, 0.05) is 16.4 Å². The molecule has 1 N–H and O–H groups in total. The second-order valence-corrected chi connectivity index (χ2v) is 10.9. The summed E-state index contributed by atoms with van der Waals surface area (Å²) in [6.45, 7) is 1.56. The zero-order valence-electron chi connectivity index (χ0n) is 21.1. The van der Waals surface area contributed by atoms with Gasteiger partial charge in [-0.05, 0) is 60.9 Å². The summed E-state index contributed by atoms with van der Waals surface area (Å²) in [5.74, 6) is 2.71. The first-order chi connectivity index (χ1) is 17.5. The van der Waals surface area contributed by atoms with Crippen molar-refractivity contribution in [3.05, 3.63) is 65.2 Å². The maximum atomic E-state index is 12.3. The third kappa shape index (κ3) is 3.92. The zero-order valence-corrected chi connectivity index (χ0v) is 22.0. The van der Waals surface area contributed by atoms with Crippen molar-refractivity contribution < 1.29 is 28.7 Å². The SMILES string of the molecule is COc1cc2cc3p(c(=[NH+]C(C)=O)c2cc1OC)CCc1c-3cc(-c2ccccc2)c(OC)c1OC. The molecule has 1 atom stereocenters. The first-order valence-electron chi connectivity index (χ1n) is 11.7. The van der Waals surface area contributed by atoms with Gasteiger partial charge < -0.3 is 18.9 Å². The summed E-state index contributed by atoms with van der Waals surface area (Å²) in [4.78, 5) is 15.5. The van der Waals surface area contributed by atoms with Gasteiger partial charge in [0.05, 0.1) is 40.7 Å². The Morgan fingerprint density at radius 3 is 2.17 bits per heavy atom. The summed E-state index contributed by atoms with van der Waals surface area (Å²) in [6, 6.07) is 18.6. The molecular formula is C29H29NO5P+. The van der Waals surface area contributed by atoms with E-state index in [0.29, 0.717) is 11.5 Å². The third-order valence-electron chi connectivity index (χ3n) is 6.65. The Kier molecular flexibility index (Phi) is 6.46. The van der Waals surface area contributed by atoms with Crippen molar-refractivity contribution in [2.45, 2.75) is 19.5 Å². The molecule has 36 heavy (non-hydrogen) atoms. The number of rotatable bonds is 5. The third-order valence-corrected chi connectivity index (χ3v) is 9.17. The summed E-state index contributed by atoms with van der Waals surface area (Å²) in [7, 11) is 5.83. The van der Waals surface area contributed by atoms with Crippen LogP contribution in [0.1, 0.15) is 12.5 Å². The maximum Gasteiger partial charge on any atom is 0.382 e. The zero-order chi connectivity index (χ0) is 25.4. The van der Waals surface area contributed by atoms with Crippen molar-refractivity contribution in [3.8, 4) is 45.0 Å². The standard InChI is InChI=1S/C29H28NO5P/c1-17(31)30-29-22-16-25(33-3)24(32-2)13-19(22)14-26-23-15-21(18-9-7-6-8-10-18)28(35-5)27(34-4)20(23)11-12-36(26)29/h6-10,13-16H,11-12H2,1-5H3/p+1. The van der Waals surface area contributed by atoms with E-state index in [9.17, 15) is 4.79 Å². The van der Waals surface area contributed by atoms with Gasteiger partial charge in [-0.2, -0.15) is 4.99 Å². The van der Waals surface area contributed by atoms with Crippen LogP contribution in [0.25, 0.3) is 32.8 Å². The Balaban J connectivity index is 1.90. The smallest absolute Gasteiger partial charge is 0.382 e. The van der Waals surface area contributed by atoms with Gasteiger partial charge in [0.15, 0.2) is 23.0 Å². The molecule has 0 saturated heterocycles. The van der Waals surface area contributed by atoms with Crippen LogP contribution in [0.2, 0.25) is 0 Å². The monoisotopic (exact) mass is 502 g/mol. The fourth-order valence-electron chi connectivity index (χ4n) is 5.10. The highest BCUT2D eigenvalue weighted by Gasteiger charge is 2.28. The van der Waals surface area contributed by atoms with E-state index in [0.717, 1.165) is 62.2 Å². The summed E-state index contributed by atoms with van der Waals surface area (Å²) in [5.41, 5.74) is 4.29. The minimum absolute atomic E-state index is 0.0856. The molecule has 1 amide bonds. The number of carbonyl (C=O) groups is 1. The molecule has 1 aliphatic heterocycles. The van der Waals surface area contributed by atoms with Crippen molar-refractivity contribution in [2.75, 3.05) is 28.4 Å². The number of carbonyl (C=O) groups excluding carboxylic acids is 1. The van der Waals surface area contributed by atoms with E-state index in [4.69, 9.17) is 18.9 Å². The Morgan fingerprint density at radius 1 is 0.833 bits per heavy atom. The van der Waals surface area contributed by atoms with E-state index < -0.39 is 7.53 Å². The molecule has 0 radical (unpaired) electrons. The van der Waals surface area contributed by atoms with Crippen LogP contribution in [-0.4, -0.2) is 34.3 Å². The number of nitrogens with one attached hydrogen (secondary N) is 1. The van der Waals surface area contributed by atoms with Crippen molar-refractivity contribution >= 4 is 24.2 Å². The molecule has 3 aromatic carbocycles. The topological polar surface area (TPSA) is 68.0 Å². The van der Waals surface area contributed by atoms with Crippen LogP contribution in [-0.2, 0) is 17.4 Å². The molecule has 2 heterocycles. The second-order valence-electron chi connectivity index (χ2n) is 8.64. The van der Waals surface area contributed by atoms with E-state index in [1.165, 1.54) is 5.30 Å². The largest absolute Gasteiger partial charge is 0.493 e. The highest BCUT2D eigenvalue weighted by Crippen LogP contribution is 2.53. The minimum Gasteiger partial charge on any atom is -0.493 e. The van der Waals surface area contributed by atoms with Gasteiger partial charge >= 0.3 is 5.91 Å².